The Balaban J connectivity index is 1.44. The van der Waals surface area contributed by atoms with Crippen LogP contribution in [0.4, 0.5) is 5.13 Å². The number of hydrogen-bond donors (Lipinski definition) is 2. The van der Waals surface area contributed by atoms with Crippen molar-refractivity contribution in [2.24, 2.45) is 0 Å². The van der Waals surface area contributed by atoms with Crippen molar-refractivity contribution < 1.29 is 14.3 Å². The van der Waals surface area contributed by atoms with Crippen LogP contribution in [-0.2, 0) is 9.53 Å². The fourth-order valence-electron chi connectivity index (χ4n) is 2.49. The second-order valence-electron chi connectivity index (χ2n) is 5.92. The molecule has 1 aliphatic heterocycles. The molecule has 0 aliphatic carbocycles. The third-order valence-corrected chi connectivity index (χ3v) is 5.76. The molecule has 1 saturated heterocycles. The van der Waals surface area contributed by atoms with E-state index in [2.05, 4.69) is 20.8 Å². The highest BCUT2D eigenvalue weighted by atomic mass is 32.2. The zero-order valence-electron chi connectivity index (χ0n) is 14.4. The molecule has 0 radical (unpaired) electrons. The normalized spacial score (nSPS) is 16.4. The van der Waals surface area contributed by atoms with Gasteiger partial charge in [0.05, 0.1) is 11.9 Å². The third-order valence-electron chi connectivity index (χ3n) is 3.78. The van der Waals surface area contributed by atoms with Crippen LogP contribution in [0.5, 0.6) is 0 Å². The summed E-state index contributed by atoms with van der Waals surface area (Å²) in [6.45, 7) is 3.25. The lowest BCUT2D eigenvalue weighted by molar-refractivity contribution is -0.119. The molecule has 1 fully saturated rings. The van der Waals surface area contributed by atoms with Crippen LogP contribution in [0.3, 0.4) is 0 Å². The Labute approximate surface area is 159 Å². The van der Waals surface area contributed by atoms with Gasteiger partial charge in [-0.2, -0.15) is 0 Å². The predicted molar refractivity (Wildman–Crippen MR) is 102 cm³/mol. The highest BCUT2D eigenvalue weighted by Gasteiger charge is 2.16. The van der Waals surface area contributed by atoms with Gasteiger partial charge in [-0.25, -0.2) is 0 Å². The highest BCUT2D eigenvalue weighted by molar-refractivity contribution is 8.01. The standard InChI is InChI=1S/C17H20N4O3S2/c1-11-4-2-5-12(8-11)15(23)19-16-20-21-17(26-16)25-10-14(22)18-9-13-6-3-7-24-13/h2,4-5,8,13H,3,6-7,9-10H2,1H3,(H,18,22)(H,19,20,23). The topological polar surface area (TPSA) is 93.2 Å². The van der Waals surface area contributed by atoms with Crippen molar-refractivity contribution in [2.75, 3.05) is 24.2 Å². The van der Waals surface area contributed by atoms with Crippen LogP contribution in [0.2, 0.25) is 0 Å². The number of benzene rings is 1. The van der Waals surface area contributed by atoms with E-state index in [-0.39, 0.29) is 23.7 Å². The first-order valence-corrected chi connectivity index (χ1v) is 10.1. The molecule has 1 atom stereocenters. The Bertz CT molecular complexity index is 775. The van der Waals surface area contributed by atoms with Crippen LogP contribution in [0, 0.1) is 6.92 Å². The van der Waals surface area contributed by atoms with Gasteiger partial charge in [0.1, 0.15) is 0 Å². The van der Waals surface area contributed by atoms with E-state index in [4.69, 9.17) is 4.74 Å². The number of carbonyl (C=O) groups excluding carboxylic acids is 2. The largest absolute Gasteiger partial charge is 0.376 e. The fourth-order valence-corrected chi connectivity index (χ4v) is 4.06. The molecule has 7 nitrogen and oxygen atoms in total. The number of rotatable bonds is 7. The molecule has 26 heavy (non-hydrogen) atoms. The number of hydrogen-bond acceptors (Lipinski definition) is 7. The van der Waals surface area contributed by atoms with Crippen LogP contribution < -0.4 is 10.6 Å². The van der Waals surface area contributed by atoms with E-state index in [0.29, 0.717) is 21.6 Å². The fraction of sp³-hybridized carbons (Fsp3) is 0.412. The predicted octanol–water partition coefficient (Wildman–Crippen LogP) is 2.49. The molecule has 0 saturated carbocycles. The summed E-state index contributed by atoms with van der Waals surface area (Å²) in [4.78, 5) is 24.1. The first-order valence-electron chi connectivity index (χ1n) is 8.33. The Hall–Kier alpha value is -1.97. The smallest absolute Gasteiger partial charge is 0.257 e. The van der Waals surface area contributed by atoms with Gasteiger partial charge in [-0.3, -0.25) is 14.9 Å². The number of ether oxygens (including phenoxy) is 1. The maximum absolute atomic E-state index is 12.2. The number of amides is 2. The number of aromatic nitrogens is 2. The van der Waals surface area contributed by atoms with Gasteiger partial charge < -0.3 is 10.1 Å². The lowest BCUT2D eigenvalue weighted by Crippen LogP contribution is -2.32. The summed E-state index contributed by atoms with van der Waals surface area (Å²) < 4.78 is 6.10. The molecule has 2 N–H and O–H groups in total. The van der Waals surface area contributed by atoms with Gasteiger partial charge in [-0.1, -0.05) is 40.8 Å². The molecular formula is C17H20N4O3S2. The average Bonchev–Trinajstić information content (AvgIpc) is 3.30. The Kier molecular flexibility index (Phi) is 6.59. The van der Waals surface area contributed by atoms with Gasteiger partial charge in [0.25, 0.3) is 5.91 Å². The van der Waals surface area contributed by atoms with Crippen molar-refractivity contribution in [3.8, 4) is 0 Å². The summed E-state index contributed by atoms with van der Waals surface area (Å²) in [7, 11) is 0. The summed E-state index contributed by atoms with van der Waals surface area (Å²) >= 11 is 2.55. The minimum atomic E-state index is -0.226. The van der Waals surface area contributed by atoms with Gasteiger partial charge in [0.15, 0.2) is 4.34 Å². The number of anilines is 1. The minimum Gasteiger partial charge on any atom is -0.376 e. The molecule has 1 aromatic heterocycles. The molecule has 2 aromatic rings. The van der Waals surface area contributed by atoms with E-state index in [1.54, 1.807) is 6.07 Å². The number of aryl methyl sites for hydroxylation is 1. The lowest BCUT2D eigenvalue weighted by Gasteiger charge is -2.09. The molecule has 1 unspecified atom stereocenters. The quantitative estimate of drug-likeness (QED) is 0.555. The molecule has 2 heterocycles. The zero-order chi connectivity index (χ0) is 18.4. The summed E-state index contributed by atoms with van der Waals surface area (Å²) in [5.74, 6) is -0.0329. The molecule has 3 rings (SSSR count). The minimum absolute atomic E-state index is 0.0638. The summed E-state index contributed by atoms with van der Waals surface area (Å²) in [5, 5.41) is 14.0. The second-order valence-corrected chi connectivity index (χ2v) is 8.12. The monoisotopic (exact) mass is 392 g/mol. The SMILES string of the molecule is Cc1cccc(C(=O)Nc2nnc(SCC(=O)NCC3CCCO3)s2)c1. The van der Waals surface area contributed by atoms with Crippen LogP contribution in [-0.4, -0.2) is 47.0 Å². The maximum atomic E-state index is 12.2. The van der Waals surface area contributed by atoms with Crippen LogP contribution in [0.15, 0.2) is 28.6 Å². The summed E-state index contributed by atoms with van der Waals surface area (Å²) in [6, 6.07) is 7.32. The van der Waals surface area contributed by atoms with Crippen molar-refractivity contribution in [1.82, 2.24) is 15.5 Å². The summed E-state index contributed by atoms with van der Waals surface area (Å²) in [6.07, 6.45) is 2.18. The number of thioether (sulfide) groups is 1. The molecule has 1 aliphatic rings. The van der Waals surface area contributed by atoms with E-state index >= 15 is 0 Å². The molecule has 2 amide bonds. The van der Waals surface area contributed by atoms with Crippen molar-refractivity contribution in [3.05, 3.63) is 35.4 Å². The van der Waals surface area contributed by atoms with E-state index in [1.807, 2.05) is 25.1 Å². The number of carbonyl (C=O) groups is 2. The van der Waals surface area contributed by atoms with Gasteiger partial charge in [0, 0.05) is 18.7 Å². The van der Waals surface area contributed by atoms with Gasteiger partial charge in [0.2, 0.25) is 11.0 Å². The van der Waals surface area contributed by atoms with Crippen molar-refractivity contribution >= 4 is 40.0 Å². The van der Waals surface area contributed by atoms with Crippen LogP contribution >= 0.6 is 23.1 Å². The van der Waals surface area contributed by atoms with Crippen LogP contribution in [0.25, 0.3) is 0 Å². The van der Waals surface area contributed by atoms with E-state index < -0.39 is 0 Å². The Morgan fingerprint density at radius 1 is 1.38 bits per heavy atom. The van der Waals surface area contributed by atoms with Gasteiger partial charge in [-0.05, 0) is 31.9 Å². The summed E-state index contributed by atoms with van der Waals surface area (Å²) in [5.41, 5.74) is 1.59. The van der Waals surface area contributed by atoms with Crippen molar-refractivity contribution in [1.29, 1.82) is 0 Å². The molecule has 9 heteroatoms. The number of nitrogens with one attached hydrogen (secondary N) is 2. The van der Waals surface area contributed by atoms with Crippen LogP contribution in [0.1, 0.15) is 28.8 Å². The first kappa shape index (κ1) is 18.8. The molecule has 0 bridgehead atoms. The van der Waals surface area contributed by atoms with Crippen molar-refractivity contribution in [2.45, 2.75) is 30.2 Å². The first-order chi connectivity index (χ1) is 12.6. The maximum Gasteiger partial charge on any atom is 0.257 e. The average molecular weight is 393 g/mol. The molecule has 138 valence electrons. The Morgan fingerprint density at radius 3 is 3.04 bits per heavy atom. The molecular weight excluding hydrogens is 372 g/mol. The second kappa shape index (κ2) is 9.11. The van der Waals surface area contributed by atoms with E-state index in [0.717, 1.165) is 25.0 Å². The van der Waals surface area contributed by atoms with Gasteiger partial charge in [-0.15, -0.1) is 10.2 Å². The zero-order valence-corrected chi connectivity index (χ0v) is 16.0. The molecule has 1 aromatic carbocycles. The van der Waals surface area contributed by atoms with Gasteiger partial charge >= 0.3 is 0 Å². The third kappa shape index (κ3) is 5.52. The number of nitrogens with zero attached hydrogens (tertiary/aromatic N) is 2. The Morgan fingerprint density at radius 2 is 2.27 bits per heavy atom. The van der Waals surface area contributed by atoms with E-state index in [1.165, 1.54) is 23.1 Å². The van der Waals surface area contributed by atoms with Crippen molar-refractivity contribution in [3.63, 3.8) is 0 Å². The lowest BCUT2D eigenvalue weighted by atomic mass is 10.1. The molecule has 0 spiro atoms. The highest BCUT2D eigenvalue weighted by Crippen LogP contribution is 2.25. The van der Waals surface area contributed by atoms with E-state index in [9.17, 15) is 9.59 Å².